The number of aliphatic carboxylic acids is 1. The standard InChI is InChI=1S/C20H24O2/c1-2-3-4-5-16-6-11-18(12-7-16)19-13-8-17(9-14-19)10-15-20(21)22/h6-9,11-14H,2-5,10,15H2,1H3,(H,21,22). The number of carboxylic acid groups (broad SMARTS) is 1. The maximum Gasteiger partial charge on any atom is 0.303 e. The van der Waals surface area contributed by atoms with Gasteiger partial charge >= 0.3 is 5.97 Å². The zero-order valence-electron chi connectivity index (χ0n) is 13.2. The Bertz CT molecular complexity index is 582. The molecule has 0 aliphatic heterocycles. The zero-order valence-corrected chi connectivity index (χ0v) is 13.2. The summed E-state index contributed by atoms with van der Waals surface area (Å²) in [5.41, 5.74) is 4.86. The molecule has 0 fully saturated rings. The highest BCUT2D eigenvalue weighted by atomic mass is 16.4. The van der Waals surface area contributed by atoms with Gasteiger partial charge < -0.3 is 5.11 Å². The molecule has 2 nitrogen and oxygen atoms in total. The molecule has 0 amide bonds. The van der Waals surface area contributed by atoms with E-state index in [2.05, 4.69) is 43.3 Å². The molecule has 0 saturated carbocycles. The second-order valence-corrected chi connectivity index (χ2v) is 5.74. The Morgan fingerprint density at radius 1 is 0.818 bits per heavy atom. The van der Waals surface area contributed by atoms with Crippen molar-refractivity contribution in [1.29, 1.82) is 0 Å². The largest absolute Gasteiger partial charge is 0.481 e. The van der Waals surface area contributed by atoms with Crippen molar-refractivity contribution >= 4 is 5.97 Å². The maximum atomic E-state index is 10.6. The van der Waals surface area contributed by atoms with Crippen LogP contribution in [0.2, 0.25) is 0 Å². The molecule has 0 aliphatic carbocycles. The summed E-state index contributed by atoms with van der Waals surface area (Å²) in [6.45, 7) is 2.23. The van der Waals surface area contributed by atoms with Gasteiger partial charge in [0.15, 0.2) is 0 Å². The van der Waals surface area contributed by atoms with Crippen molar-refractivity contribution in [3.8, 4) is 11.1 Å². The van der Waals surface area contributed by atoms with Crippen molar-refractivity contribution in [3.63, 3.8) is 0 Å². The Balaban J connectivity index is 1.97. The van der Waals surface area contributed by atoms with Crippen LogP contribution in [0, 0.1) is 0 Å². The summed E-state index contributed by atoms with van der Waals surface area (Å²) < 4.78 is 0. The normalized spacial score (nSPS) is 10.6. The first kappa shape index (κ1) is 16.3. The molecule has 0 heterocycles. The van der Waals surface area contributed by atoms with Crippen molar-refractivity contribution in [2.24, 2.45) is 0 Å². The Labute approximate surface area is 132 Å². The van der Waals surface area contributed by atoms with E-state index in [-0.39, 0.29) is 6.42 Å². The Morgan fingerprint density at radius 3 is 1.77 bits per heavy atom. The third kappa shape index (κ3) is 5.03. The summed E-state index contributed by atoms with van der Waals surface area (Å²) in [6, 6.07) is 17.0. The number of rotatable bonds is 8. The molecule has 116 valence electrons. The molecular formula is C20H24O2. The van der Waals surface area contributed by atoms with Crippen LogP contribution in [0.3, 0.4) is 0 Å². The van der Waals surface area contributed by atoms with Crippen LogP contribution in [0.1, 0.15) is 43.7 Å². The number of benzene rings is 2. The van der Waals surface area contributed by atoms with Gasteiger partial charge in [0, 0.05) is 6.42 Å². The summed E-state index contributed by atoms with van der Waals surface area (Å²) >= 11 is 0. The predicted octanol–water partition coefficient (Wildman–Crippen LogP) is 5.10. The van der Waals surface area contributed by atoms with E-state index in [1.54, 1.807) is 0 Å². The van der Waals surface area contributed by atoms with Crippen molar-refractivity contribution in [2.45, 2.75) is 45.4 Å². The van der Waals surface area contributed by atoms with Gasteiger partial charge in [-0.2, -0.15) is 0 Å². The lowest BCUT2D eigenvalue weighted by atomic mass is 9.99. The summed E-state index contributed by atoms with van der Waals surface area (Å²) in [5, 5.41) is 8.71. The van der Waals surface area contributed by atoms with E-state index >= 15 is 0 Å². The van der Waals surface area contributed by atoms with E-state index in [1.807, 2.05) is 12.1 Å². The number of aryl methyl sites for hydroxylation is 2. The van der Waals surface area contributed by atoms with Gasteiger partial charge in [-0.3, -0.25) is 4.79 Å². The monoisotopic (exact) mass is 296 g/mol. The fourth-order valence-corrected chi connectivity index (χ4v) is 2.56. The Morgan fingerprint density at radius 2 is 1.32 bits per heavy atom. The number of hydrogen-bond acceptors (Lipinski definition) is 1. The molecule has 0 saturated heterocycles. The topological polar surface area (TPSA) is 37.3 Å². The van der Waals surface area contributed by atoms with Crippen LogP contribution in [0.5, 0.6) is 0 Å². The molecular weight excluding hydrogens is 272 g/mol. The second kappa shape index (κ2) is 8.38. The van der Waals surface area contributed by atoms with Crippen molar-refractivity contribution < 1.29 is 9.90 Å². The molecule has 1 N–H and O–H groups in total. The summed E-state index contributed by atoms with van der Waals surface area (Å²) in [5.74, 6) is -0.747. The fourth-order valence-electron chi connectivity index (χ4n) is 2.56. The highest BCUT2D eigenvalue weighted by Gasteiger charge is 2.01. The minimum absolute atomic E-state index is 0.186. The molecule has 0 unspecified atom stereocenters. The van der Waals surface area contributed by atoms with Gasteiger partial charge in [0.25, 0.3) is 0 Å². The third-order valence-corrected chi connectivity index (χ3v) is 3.94. The number of carboxylic acids is 1. The quantitative estimate of drug-likeness (QED) is 0.688. The van der Waals surface area contributed by atoms with Gasteiger partial charge in [0.2, 0.25) is 0 Å². The molecule has 2 aromatic rings. The van der Waals surface area contributed by atoms with Crippen LogP contribution in [0.4, 0.5) is 0 Å². The van der Waals surface area contributed by atoms with E-state index in [0.29, 0.717) is 6.42 Å². The minimum atomic E-state index is -0.747. The summed E-state index contributed by atoms with van der Waals surface area (Å²) in [7, 11) is 0. The van der Waals surface area contributed by atoms with Crippen LogP contribution >= 0.6 is 0 Å². The Hall–Kier alpha value is -2.09. The van der Waals surface area contributed by atoms with E-state index in [1.165, 1.54) is 36.0 Å². The molecule has 0 aliphatic rings. The number of hydrogen-bond donors (Lipinski definition) is 1. The highest BCUT2D eigenvalue weighted by Crippen LogP contribution is 2.21. The average molecular weight is 296 g/mol. The van der Waals surface area contributed by atoms with E-state index < -0.39 is 5.97 Å². The van der Waals surface area contributed by atoms with Crippen LogP contribution < -0.4 is 0 Å². The van der Waals surface area contributed by atoms with Gasteiger partial charge in [0.1, 0.15) is 0 Å². The lowest BCUT2D eigenvalue weighted by Gasteiger charge is -2.06. The van der Waals surface area contributed by atoms with E-state index in [0.717, 1.165) is 12.0 Å². The third-order valence-electron chi connectivity index (χ3n) is 3.94. The lowest BCUT2D eigenvalue weighted by Crippen LogP contribution is -1.97. The molecule has 2 heteroatoms. The summed E-state index contributed by atoms with van der Waals surface area (Å²) in [6.07, 6.45) is 5.74. The average Bonchev–Trinajstić information content (AvgIpc) is 2.54. The molecule has 0 atom stereocenters. The molecule has 2 aromatic carbocycles. The van der Waals surface area contributed by atoms with Gasteiger partial charge in [-0.15, -0.1) is 0 Å². The van der Waals surface area contributed by atoms with Crippen LogP contribution in [-0.2, 0) is 17.6 Å². The predicted molar refractivity (Wildman–Crippen MR) is 91.1 cm³/mol. The fraction of sp³-hybridized carbons (Fsp3) is 0.350. The lowest BCUT2D eigenvalue weighted by molar-refractivity contribution is -0.136. The van der Waals surface area contributed by atoms with Crippen molar-refractivity contribution in [2.75, 3.05) is 0 Å². The molecule has 0 radical (unpaired) electrons. The second-order valence-electron chi connectivity index (χ2n) is 5.74. The van der Waals surface area contributed by atoms with Gasteiger partial charge in [-0.25, -0.2) is 0 Å². The molecule has 22 heavy (non-hydrogen) atoms. The molecule has 0 spiro atoms. The maximum absolute atomic E-state index is 10.6. The van der Waals surface area contributed by atoms with Crippen LogP contribution in [0.25, 0.3) is 11.1 Å². The first-order valence-corrected chi connectivity index (χ1v) is 8.09. The molecule has 2 rings (SSSR count). The van der Waals surface area contributed by atoms with Gasteiger partial charge in [0.05, 0.1) is 0 Å². The number of unbranched alkanes of at least 4 members (excludes halogenated alkanes) is 2. The van der Waals surface area contributed by atoms with Crippen molar-refractivity contribution in [1.82, 2.24) is 0 Å². The van der Waals surface area contributed by atoms with Crippen molar-refractivity contribution in [3.05, 3.63) is 59.7 Å². The van der Waals surface area contributed by atoms with Crippen LogP contribution in [-0.4, -0.2) is 11.1 Å². The van der Waals surface area contributed by atoms with E-state index in [4.69, 9.17) is 5.11 Å². The Kier molecular flexibility index (Phi) is 6.20. The zero-order chi connectivity index (χ0) is 15.8. The SMILES string of the molecule is CCCCCc1ccc(-c2ccc(CCC(=O)O)cc2)cc1. The first-order valence-electron chi connectivity index (χ1n) is 8.09. The summed E-state index contributed by atoms with van der Waals surface area (Å²) in [4.78, 5) is 10.6. The highest BCUT2D eigenvalue weighted by molar-refractivity contribution is 5.67. The molecule has 0 bridgehead atoms. The first-order chi connectivity index (χ1) is 10.7. The van der Waals surface area contributed by atoms with Gasteiger partial charge in [-0.1, -0.05) is 68.3 Å². The minimum Gasteiger partial charge on any atom is -0.481 e. The smallest absolute Gasteiger partial charge is 0.303 e. The molecule has 0 aromatic heterocycles. The van der Waals surface area contributed by atoms with Crippen LogP contribution in [0.15, 0.2) is 48.5 Å². The van der Waals surface area contributed by atoms with Gasteiger partial charge in [-0.05, 0) is 41.5 Å². The number of carbonyl (C=O) groups is 1. The van der Waals surface area contributed by atoms with E-state index in [9.17, 15) is 4.79 Å².